The highest BCUT2D eigenvalue weighted by atomic mass is 16.5. The van der Waals surface area contributed by atoms with Crippen molar-refractivity contribution in [3.8, 4) is 17.2 Å². The van der Waals surface area contributed by atoms with E-state index in [4.69, 9.17) is 4.74 Å². The summed E-state index contributed by atoms with van der Waals surface area (Å²) in [5.74, 6) is -0.237. The summed E-state index contributed by atoms with van der Waals surface area (Å²) in [6.07, 6.45) is 1.95. The molecule has 6 nitrogen and oxygen atoms in total. The SMILES string of the molecule is C=CC(=O)Oc1c(C)c(C(C)(C)C)c(C(C)CC)c(O)c1-n1nc2ccccc2n1. The van der Waals surface area contributed by atoms with Gasteiger partial charge in [0.25, 0.3) is 0 Å². The number of fused-ring (bicyclic) bond motifs is 1. The summed E-state index contributed by atoms with van der Waals surface area (Å²) < 4.78 is 5.64. The van der Waals surface area contributed by atoms with Crippen LogP contribution in [0.3, 0.4) is 0 Å². The van der Waals surface area contributed by atoms with Crippen LogP contribution in [0.15, 0.2) is 36.9 Å². The topological polar surface area (TPSA) is 77.2 Å². The van der Waals surface area contributed by atoms with E-state index in [1.807, 2.05) is 31.2 Å². The van der Waals surface area contributed by atoms with Crippen LogP contribution in [-0.4, -0.2) is 26.1 Å². The normalized spacial score (nSPS) is 12.7. The molecule has 0 saturated carbocycles. The molecule has 0 amide bonds. The van der Waals surface area contributed by atoms with E-state index in [1.54, 1.807) is 0 Å². The van der Waals surface area contributed by atoms with Gasteiger partial charge in [0.05, 0.1) is 0 Å². The second kappa shape index (κ2) is 7.94. The third kappa shape index (κ3) is 3.70. The van der Waals surface area contributed by atoms with Crippen LogP contribution in [0.2, 0.25) is 0 Å². The van der Waals surface area contributed by atoms with E-state index in [0.29, 0.717) is 11.0 Å². The Labute approximate surface area is 177 Å². The number of phenolic OH excluding ortho intramolecular Hbond substituents is 1. The molecule has 3 aromatic rings. The molecule has 30 heavy (non-hydrogen) atoms. The van der Waals surface area contributed by atoms with Crippen molar-refractivity contribution in [1.82, 2.24) is 15.0 Å². The van der Waals surface area contributed by atoms with E-state index in [-0.39, 0.29) is 28.5 Å². The van der Waals surface area contributed by atoms with Crippen molar-refractivity contribution < 1.29 is 14.6 Å². The van der Waals surface area contributed by atoms with Gasteiger partial charge in [-0.05, 0) is 47.9 Å². The molecule has 2 aromatic carbocycles. The first-order valence-electron chi connectivity index (χ1n) is 10.2. The number of ether oxygens (including phenoxy) is 1. The first-order chi connectivity index (χ1) is 14.1. The Morgan fingerprint density at radius 2 is 1.83 bits per heavy atom. The molecule has 0 radical (unpaired) electrons. The molecule has 1 N–H and O–H groups in total. The molecule has 0 aliphatic rings. The van der Waals surface area contributed by atoms with Gasteiger partial charge >= 0.3 is 5.97 Å². The van der Waals surface area contributed by atoms with Gasteiger partial charge in [0.15, 0.2) is 17.2 Å². The number of esters is 1. The van der Waals surface area contributed by atoms with Crippen molar-refractivity contribution in [1.29, 1.82) is 0 Å². The zero-order valence-electron chi connectivity index (χ0n) is 18.5. The molecule has 0 saturated heterocycles. The van der Waals surface area contributed by atoms with Gasteiger partial charge in [-0.2, -0.15) is 0 Å². The lowest BCUT2D eigenvalue weighted by molar-refractivity contribution is -0.129. The fourth-order valence-corrected chi connectivity index (χ4v) is 3.91. The number of nitrogens with zero attached hydrogens (tertiary/aromatic N) is 3. The van der Waals surface area contributed by atoms with Gasteiger partial charge < -0.3 is 9.84 Å². The number of carbonyl (C=O) groups excluding carboxylic acids is 1. The number of benzene rings is 2. The molecule has 0 bridgehead atoms. The summed E-state index contributed by atoms with van der Waals surface area (Å²) in [5.41, 5.74) is 3.92. The number of aromatic hydroxyl groups is 1. The Kier molecular flexibility index (Phi) is 5.70. The molecule has 0 aliphatic carbocycles. The lowest BCUT2D eigenvalue weighted by Gasteiger charge is -2.31. The Morgan fingerprint density at radius 1 is 1.27 bits per heavy atom. The van der Waals surface area contributed by atoms with Gasteiger partial charge in [-0.1, -0.05) is 53.3 Å². The Bertz CT molecular complexity index is 1090. The summed E-state index contributed by atoms with van der Waals surface area (Å²) in [4.78, 5) is 13.5. The third-order valence-electron chi connectivity index (χ3n) is 5.39. The highest BCUT2D eigenvalue weighted by Gasteiger charge is 2.33. The summed E-state index contributed by atoms with van der Waals surface area (Å²) in [6, 6.07) is 7.44. The Balaban J connectivity index is 2.45. The maximum Gasteiger partial charge on any atom is 0.335 e. The largest absolute Gasteiger partial charge is 0.505 e. The summed E-state index contributed by atoms with van der Waals surface area (Å²) in [7, 11) is 0. The number of rotatable bonds is 5. The van der Waals surface area contributed by atoms with Crippen LogP contribution in [-0.2, 0) is 10.2 Å². The van der Waals surface area contributed by atoms with Gasteiger partial charge in [0.1, 0.15) is 11.0 Å². The second-order valence-corrected chi connectivity index (χ2v) is 8.60. The molecule has 0 aliphatic heterocycles. The van der Waals surface area contributed by atoms with Crippen LogP contribution in [0.1, 0.15) is 63.6 Å². The maximum atomic E-state index is 12.2. The van der Waals surface area contributed by atoms with Crippen molar-refractivity contribution >= 4 is 17.0 Å². The van der Waals surface area contributed by atoms with E-state index in [9.17, 15) is 9.90 Å². The minimum absolute atomic E-state index is 0.0343. The van der Waals surface area contributed by atoms with Crippen molar-refractivity contribution in [3.05, 3.63) is 53.6 Å². The van der Waals surface area contributed by atoms with Crippen LogP contribution in [0, 0.1) is 6.92 Å². The van der Waals surface area contributed by atoms with Crippen molar-refractivity contribution in [2.24, 2.45) is 0 Å². The average Bonchev–Trinajstić information content (AvgIpc) is 3.12. The van der Waals surface area contributed by atoms with Crippen LogP contribution < -0.4 is 4.74 Å². The number of hydrogen-bond donors (Lipinski definition) is 1. The Hall–Kier alpha value is -3.15. The fourth-order valence-electron chi connectivity index (χ4n) is 3.91. The zero-order valence-corrected chi connectivity index (χ0v) is 18.5. The Morgan fingerprint density at radius 3 is 2.30 bits per heavy atom. The predicted octanol–water partition coefficient (Wildman–Crippen LogP) is 5.34. The minimum atomic E-state index is -0.605. The van der Waals surface area contributed by atoms with E-state index >= 15 is 0 Å². The maximum absolute atomic E-state index is 12.2. The standard InChI is InChI=1S/C24H29N3O3/c1-8-14(3)19-20(24(5,6)7)15(4)23(30-18(28)9-2)21(22(19)29)27-25-16-12-10-11-13-17(16)26-27/h9-14,29H,2,8H2,1,3-7H3. The minimum Gasteiger partial charge on any atom is -0.505 e. The van der Waals surface area contributed by atoms with E-state index < -0.39 is 5.97 Å². The van der Waals surface area contributed by atoms with Crippen LogP contribution in [0.4, 0.5) is 0 Å². The number of aromatic nitrogens is 3. The van der Waals surface area contributed by atoms with Gasteiger partial charge in [-0.25, -0.2) is 4.79 Å². The third-order valence-corrected chi connectivity index (χ3v) is 5.39. The summed E-state index contributed by atoms with van der Waals surface area (Å²) in [5, 5.41) is 20.5. The van der Waals surface area contributed by atoms with Crippen LogP contribution in [0.25, 0.3) is 16.7 Å². The highest BCUT2D eigenvalue weighted by molar-refractivity contribution is 5.85. The quantitative estimate of drug-likeness (QED) is 0.351. The molecular weight excluding hydrogens is 378 g/mol. The van der Waals surface area contributed by atoms with Gasteiger partial charge in [-0.3, -0.25) is 0 Å². The lowest BCUT2D eigenvalue weighted by Crippen LogP contribution is -2.21. The molecule has 1 atom stereocenters. The van der Waals surface area contributed by atoms with E-state index in [2.05, 4.69) is 51.4 Å². The highest BCUT2D eigenvalue weighted by Crippen LogP contribution is 2.48. The molecule has 158 valence electrons. The van der Waals surface area contributed by atoms with Crippen molar-refractivity contribution in [3.63, 3.8) is 0 Å². The molecule has 0 spiro atoms. The molecular formula is C24H29N3O3. The average molecular weight is 408 g/mol. The first-order valence-corrected chi connectivity index (χ1v) is 10.2. The fraction of sp³-hybridized carbons (Fsp3) is 0.375. The molecule has 1 heterocycles. The van der Waals surface area contributed by atoms with Gasteiger partial charge in [-0.15, -0.1) is 15.0 Å². The van der Waals surface area contributed by atoms with Crippen LogP contribution >= 0.6 is 0 Å². The van der Waals surface area contributed by atoms with Crippen LogP contribution in [0.5, 0.6) is 11.5 Å². The summed E-state index contributed by atoms with van der Waals surface area (Å²) in [6.45, 7) is 15.8. The lowest BCUT2D eigenvalue weighted by atomic mass is 9.76. The number of hydrogen-bond acceptors (Lipinski definition) is 5. The van der Waals surface area contributed by atoms with Gasteiger partial charge in [0, 0.05) is 11.6 Å². The monoisotopic (exact) mass is 407 g/mol. The predicted molar refractivity (Wildman–Crippen MR) is 119 cm³/mol. The zero-order chi connectivity index (χ0) is 22.2. The van der Waals surface area contributed by atoms with Crippen molar-refractivity contribution in [2.45, 2.75) is 59.3 Å². The van der Waals surface area contributed by atoms with E-state index in [1.165, 1.54) is 4.80 Å². The smallest absolute Gasteiger partial charge is 0.335 e. The van der Waals surface area contributed by atoms with E-state index in [0.717, 1.165) is 29.2 Å². The first kappa shape index (κ1) is 21.6. The molecule has 3 rings (SSSR count). The number of carbonyl (C=O) groups is 1. The number of phenols is 1. The van der Waals surface area contributed by atoms with Gasteiger partial charge in [0.2, 0.25) is 0 Å². The molecule has 1 unspecified atom stereocenters. The van der Waals surface area contributed by atoms with Crippen molar-refractivity contribution in [2.75, 3.05) is 0 Å². The summed E-state index contributed by atoms with van der Waals surface area (Å²) >= 11 is 0. The molecule has 1 aromatic heterocycles. The molecule has 6 heteroatoms. The second-order valence-electron chi connectivity index (χ2n) is 8.60. The molecule has 0 fully saturated rings.